The van der Waals surface area contributed by atoms with E-state index in [1.54, 1.807) is 18.5 Å². The molecule has 0 amide bonds. The highest BCUT2D eigenvalue weighted by molar-refractivity contribution is 5.81. The molecule has 0 atom stereocenters. The fourth-order valence-corrected chi connectivity index (χ4v) is 2.85. The number of aromatic nitrogens is 3. The van der Waals surface area contributed by atoms with Crippen LogP contribution in [0.1, 0.15) is 11.3 Å². The molecule has 0 bridgehead atoms. The Morgan fingerprint density at radius 1 is 1.10 bits per heavy atom. The van der Waals surface area contributed by atoms with Gasteiger partial charge in [-0.1, -0.05) is 6.07 Å². The number of ether oxygens (including phenoxy) is 1. The Labute approximate surface area is 166 Å². The van der Waals surface area contributed by atoms with E-state index >= 15 is 0 Å². The number of hydrogen-bond acceptors (Lipinski definition) is 7. The van der Waals surface area contributed by atoms with Gasteiger partial charge in [0.2, 0.25) is 5.95 Å². The molecule has 0 aliphatic heterocycles. The van der Waals surface area contributed by atoms with Crippen molar-refractivity contribution in [1.82, 2.24) is 15.0 Å². The van der Waals surface area contributed by atoms with E-state index in [9.17, 15) is 10.1 Å². The molecule has 0 saturated carbocycles. The molecule has 0 radical (unpaired) electrons. The summed E-state index contributed by atoms with van der Waals surface area (Å²) in [5.74, 6) is 1.18. The first-order valence-electron chi connectivity index (χ1n) is 8.90. The number of anilines is 2. The van der Waals surface area contributed by atoms with E-state index in [1.165, 1.54) is 12.1 Å². The van der Waals surface area contributed by atoms with Crippen LogP contribution in [0.25, 0.3) is 10.9 Å². The third-order valence-electron chi connectivity index (χ3n) is 4.31. The summed E-state index contributed by atoms with van der Waals surface area (Å²) in [7, 11) is 0. The lowest BCUT2D eigenvalue weighted by molar-refractivity contribution is -0.384. The number of pyridine rings is 1. The smallest absolute Gasteiger partial charge is 0.270 e. The maximum atomic E-state index is 10.9. The van der Waals surface area contributed by atoms with Gasteiger partial charge in [-0.15, -0.1) is 0 Å². The summed E-state index contributed by atoms with van der Waals surface area (Å²) in [4.78, 5) is 23.3. The minimum atomic E-state index is -0.439. The number of aryl methyl sites for hydroxylation is 1. The van der Waals surface area contributed by atoms with E-state index in [4.69, 9.17) is 4.74 Å². The zero-order valence-corrected chi connectivity index (χ0v) is 15.6. The van der Waals surface area contributed by atoms with Crippen LogP contribution in [0.15, 0.2) is 67.0 Å². The van der Waals surface area contributed by atoms with Gasteiger partial charge in [0.25, 0.3) is 5.69 Å². The van der Waals surface area contributed by atoms with E-state index in [-0.39, 0.29) is 5.69 Å². The number of benzene rings is 2. The number of hydrogen-bond donors (Lipinski definition) is 1. The van der Waals surface area contributed by atoms with E-state index in [1.807, 2.05) is 43.3 Å². The van der Waals surface area contributed by atoms with Crippen LogP contribution in [0, 0.1) is 17.0 Å². The molecule has 2 heterocycles. The van der Waals surface area contributed by atoms with Crippen molar-refractivity contribution in [2.24, 2.45) is 0 Å². The number of nitrogens with one attached hydrogen (secondary N) is 1. The van der Waals surface area contributed by atoms with Crippen molar-refractivity contribution in [1.29, 1.82) is 0 Å². The van der Waals surface area contributed by atoms with Crippen LogP contribution in [0.4, 0.5) is 17.3 Å². The molecule has 0 fully saturated rings. The average Bonchev–Trinajstić information content (AvgIpc) is 2.73. The third-order valence-corrected chi connectivity index (χ3v) is 4.31. The van der Waals surface area contributed by atoms with Crippen LogP contribution in [-0.4, -0.2) is 19.9 Å². The Balaban J connectivity index is 1.48. The second kappa shape index (κ2) is 7.89. The molecular weight excluding hydrogens is 370 g/mol. The fourth-order valence-electron chi connectivity index (χ4n) is 2.85. The largest absolute Gasteiger partial charge is 0.487 e. The zero-order chi connectivity index (χ0) is 20.2. The minimum Gasteiger partial charge on any atom is -0.487 e. The van der Waals surface area contributed by atoms with Crippen molar-refractivity contribution in [2.75, 3.05) is 5.32 Å². The van der Waals surface area contributed by atoms with Gasteiger partial charge in [-0.2, -0.15) is 0 Å². The number of non-ortho nitro benzene ring substituents is 1. The molecule has 4 aromatic rings. The van der Waals surface area contributed by atoms with Gasteiger partial charge in [0.1, 0.15) is 12.4 Å². The molecule has 144 valence electrons. The van der Waals surface area contributed by atoms with Gasteiger partial charge in [0, 0.05) is 35.6 Å². The molecule has 4 rings (SSSR count). The lowest BCUT2D eigenvalue weighted by Gasteiger charge is -2.11. The molecule has 0 aliphatic rings. The molecule has 1 N–H and O–H groups in total. The Morgan fingerprint density at radius 2 is 2.00 bits per heavy atom. The summed E-state index contributed by atoms with van der Waals surface area (Å²) in [5, 5.41) is 14.6. The quantitative estimate of drug-likeness (QED) is 0.382. The Hall–Kier alpha value is -4.07. The minimum absolute atomic E-state index is 0.0127. The average molecular weight is 387 g/mol. The van der Waals surface area contributed by atoms with Crippen molar-refractivity contribution in [2.45, 2.75) is 13.5 Å². The Bertz CT molecular complexity index is 1180. The van der Waals surface area contributed by atoms with Crippen molar-refractivity contribution in [3.8, 4) is 5.75 Å². The predicted octanol–water partition coefficient (Wildman–Crippen LogP) is 4.56. The van der Waals surface area contributed by atoms with Crippen LogP contribution in [0.5, 0.6) is 5.75 Å². The van der Waals surface area contributed by atoms with Crippen molar-refractivity contribution >= 4 is 28.2 Å². The lowest BCUT2D eigenvalue weighted by Crippen LogP contribution is -2.01. The first-order valence-corrected chi connectivity index (χ1v) is 8.90. The van der Waals surface area contributed by atoms with Crippen LogP contribution in [0.2, 0.25) is 0 Å². The highest BCUT2D eigenvalue weighted by Crippen LogP contribution is 2.25. The van der Waals surface area contributed by atoms with E-state index in [0.29, 0.717) is 23.5 Å². The number of rotatable bonds is 6. The molecule has 0 saturated heterocycles. The lowest BCUT2D eigenvalue weighted by atomic mass is 10.2. The highest BCUT2D eigenvalue weighted by atomic mass is 16.6. The van der Waals surface area contributed by atoms with Crippen molar-refractivity contribution < 1.29 is 9.66 Å². The molecule has 0 aliphatic carbocycles. The van der Waals surface area contributed by atoms with Gasteiger partial charge in [-0.25, -0.2) is 9.97 Å². The summed E-state index contributed by atoms with van der Waals surface area (Å²) in [6.45, 7) is 2.35. The molecule has 2 aromatic carbocycles. The molecule has 0 spiro atoms. The molecule has 29 heavy (non-hydrogen) atoms. The predicted molar refractivity (Wildman–Crippen MR) is 109 cm³/mol. The normalized spacial score (nSPS) is 10.7. The first-order chi connectivity index (χ1) is 14.1. The number of fused-ring (bicyclic) bond motifs is 1. The van der Waals surface area contributed by atoms with Gasteiger partial charge >= 0.3 is 0 Å². The maximum Gasteiger partial charge on any atom is 0.270 e. The van der Waals surface area contributed by atoms with Crippen LogP contribution >= 0.6 is 0 Å². The van der Waals surface area contributed by atoms with Crippen molar-refractivity contribution in [3.63, 3.8) is 0 Å². The highest BCUT2D eigenvalue weighted by Gasteiger charge is 2.09. The molecule has 0 unspecified atom stereocenters. The number of nitro groups is 1. The van der Waals surface area contributed by atoms with Gasteiger partial charge < -0.3 is 10.1 Å². The summed E-state index contributed by atoms with van der Waals surface area (Å²) < 4.78 is 5.84. The number of nitro benzene ring substituents is 1. The van der Waals surface area contributed by atoms with Gasteiger partial charge in [0.05, 0.1) is 16.1 Å². The first kappa shape index (κ1) is 18.3. The van der Waals surface area contributed by atoms with Crippen LogP contribution in [0.3, 0.4) is 0 Å². The van der Waals surface area contributed by atoms with Crippen LogP contribution < -0.4 is 10.1 Å². The summed E-state index contributed by atoms with van der Waals surface area (Å²) in [6.07, 6.45) is 3.30. The summed E-state index contributed by atoms with van der Waals surface area (Å²) >= 11 is 0. The zero-order valence-electron chi connectivity index (χ0n) is 15.6. The van der Waals surface area contributed by atoms with Gasteiger partial charge in [-0.3, -0.25) is 15.1 Å². The monoisotopic (exact) mass is 387 g/mol. The SMILES string of the molecule is Cc1cc(Nc2ncc3cc([N+](=O)[O-])ccc3n2)ccc1OCc1ccccn1. The second-order valence-electron chi connectivity index (χ2n) is 6.41. The summed E-state index contributed by atoms with van der Waals surface area (Å²) in [6, 6.07) is 15.9. The Morgan fingerprint density at radius 3 is 2.76 bits per heavy atom. The molecule has 2 aromatic heterocycles. The van der Waals surface area contributed by atoms with Crippen LogP contribution in [-0.2, 0) is 6.61 Å². The van der Waals surface area contributed by atoms with E-state index in [2.05, 4.69) is 20.3 Å². The summed E-state index contributed by atoms with van der Waals surface area (Å²) in [5.41, 5.74) is 3.27. The van der Waals surface area contributed by atoms with E-state index < -0.39 is 4.92 Å². The van der Waals surface area contributed by atoms with Gasteiger partial charge in [0.15, 0.2) is 0 Å². The standard InChI is InChI=1S/C21H17N5O3/c1-14-10-16(5-8-20(14)29-13-17-4-2-3-9-22-17)24-21-23-12-15-11-18(26(27)28)6-7-19(15)25-21/h2-12H,13H2,1H3,(H,23,24,25). The second-order valence-corrected chi connectivity index (χ2v) is 6.41. The third kappa shape index (κ3) is 4.27. The molecule has 8 heteroatoms. The maximum absolute atomic E-state index is 10.9. The van der Waals surface area contributed by atoms with E-state index in [0.717, 1.165) is 22.7 Å². The fraction of sp³-hybridized carbons (Fsp3) is 0.0952. The Kier molecular flexibility index (Phi) is 4.98. The van der Waals surface area contributed by atoms with Gasteiger partial charge in [-0.05, 0) is 48.9 Å². The molecular formula is C21H17N5O3. The molecule has 8 nitrogen and oxygen atoms in total. The van der Waals surface area contributed by atoms with Crippen molar-refractivity contribution in [3.05, 3.63) is 88.4 Å². The number of nitrogens with zero attached hydrogens (tertiary/aromatic N) is 4. The topological polar surface area (TPSA) is 103 Å².